The first kappa shape index (κ1) is 14.5. The van der Waals surface area contributed by atoms with Gasteiger partial charge in [-0.2, -0.15) is 0 Å². The van der Waals surface area contributed by atoms with Gasteiger partial charge in [-0.15, -0.1) is 0 Å². The summed E-state index contributed by atoms with van der Waals surface area (Å²) < 4.78 is 2.03. The summed E-state index contributed by atoms with van der Waals surface area (Å²) in [6.45, 7) is 2.05. The zero-order valence-electron chi connectivity index (χ0n) is 13.7. The molecule has 3 aromatic rings. The molecule has 0 saturated carbocycles. The van der Waals surface area contributed by atoms with Crippen LogP contribution in [-0.2, 0) is 11.8 Å². The highest BCUT2D eigenvalue weighted by Gasteiger charge is 2.25. The van der Waals surface area contributed by atoms with Gasteiger partial charge in [-0.05, 0) is 41.8 Å². The SMILES string of the molecule is Cc1ccn(C)c1C=C1C(=O)Nc2cc(-c3ccccc3)ccc21. The minimum absolute atomic E-state index is 0.0455. The Morgan fingerprint density at radius 1 is 1.00 bits per heavy atom. The lowest BCUT2D eigenvalue weighted by Gasteiger charge is -2.05. The second kappa shape index (κ2) is 5.53. The Labute approximate surface area is 141 Å². The molecule has 3 heteroatoms. The van der Waals surface area contributed by atoms with Crippen molar-refractivity contribution >= 4 is 23.2 Å². The lowest BCUT2D eigenvalue weighted by molar-refractivity contribution is -0.110. The summed E-state index contributed by atoms with van der Waals surface area (Å²) >= 11 is 0. The van der Waals surface area contributed by atoms with Gasteiger partial charge in [-0.1, -0.05) is 42.5 Å². The summed E-state index contributed by atoms with van der Waals surface area (Å²) in [6.07, 6.45) is 3.98. The molecule has 0 atom stereocenters. The van der Waals surface area contributed by atoms with Crippen molar-refractivity contribution in [2.45, 2.75) is 6.92 Å². The second-order valence-electron chi connectivity index (χ2n) is 6.13. The molecular formula is C21H18N2O. The van der Waals surface area contributed by atoms with Crippen LogP contribution in [0.1, 0.15) is 16.8 Å². The lowest BCUT2D eigenvalue weighted by atomic mass is 10.00. The van der Waals surface area contributed by atoms with Crippen LogP contribution < -0.4 is 5.32 Å². The highest BCUT2D eigenvalue weighted by atomic mass is 16.2. The number of carbonyl (C=O) groups is 1. The van der Waals surface area contributed by atoms with Gasteiger partial charge in [0.25, 0.3) is 5.91 Å². The number of anilines is 1. The fourth-order valence-corrected chi connectivity index (χ4v) is 3.17. The van der Waals surface area contributed by atoms with E-state index in [4.69, 9.17) is 0 Å². The summed E-state index contributed by atoms with van der Waals surface area (Å²) in [5.74, 6) is -0.0455. The van der Waals surface area contributed by atoms with E-state index in [9.17, 15) is 4.79 Å². The molecule has 0 saturated heterocycles. The van der Waals surface area contributed by atoms with Crippen LogP contribution in [0.25, 0.3) is 22.8 Å². The number of rotatable bonds is 2. The van der Waals surface area contributed by atoms with E-state index in [2.05, 4.69) is 36.5 Å². The molecule has 1 aliphatic rings. The smallest absolute Gasteiger partial charge is 0.256 e. The maximum absolute atomic E-state index is 12.4. The predicted molar refractivity (Wildman–Crippen MR) is 98.5 cm³/mol. The van der Waals surface area contributed by atoms with Crippen molar-refractivity contribution in [2.24, 2.45) is 7.05 Å². The number of amides is 1. The zero-order chi connectivity index (χ0) is 16.7. The summed E-state index contributed by atoms with van der Waals surface area (Å²) in [4.78, 5) is 12.4. The van der Waals surface area contributed by atoms with Gasteiger partial charge in [-0.3, -0.25) is 4.79 Å². The molecule has 0 spiro atoms. The minimum Gasteiger partial charge on any atom is -0.351 e. The monoisotopic (exact) mass is 314 g/mol. The van der Waals surface area contributed by atoms with Gasteiger partial charge in [0.2, 0.25) is 0 Å². The highest BCUT2D eigenvalue weighted by molar-refractivity contribution is 6.35. The van der Waals surface area contributed by atoms with Crippen LogP contribution in [0.5, 0.6) is 0 Å². The molecule has 118 valence electrons. The van der Waals surface area contributed by atoms with Crippen molar-refractivity contribution in [3.8, 4) is 11.1 Å². The standard InChI is InChI=1S/C21H18N2O/c1-14-10-11-23(2)20(14)13-18-17-9-8-16(12-19(17)22-21(18)24)15-6-4-3-5-7-15/h3-13H,1-2H3,(H,22,24). The molecule has 1 aliphatic heterocycles. The van der Waals surface area contributed by atoms with Crippen molar-refractivity contribution in [1.82, 2.24) is 4.57 Å². The van der Waals surface area contributed by atoms with E-state index < -0.39 is 0 Å². The van der Waals surface area contributed by atoms with Crippen molar-refractivity contribution < 1.29 is 4.79 Å². The van der Waals surface area contributed by atoms with E-state index in [1.807, 2.05) is 54.2 Å². The normalized spacial score (nSPS) is 14.8. The van der Waals surface area contributed by atoms with Gasteiger partial charge in [-0.25, -0.2) is 0 Å². The van der Waals surface area contributed by atoms with Gasteiger partial charge < -0.3 is 9.88 Å². The van der Waals surface area contributed by atoms with E-state index >= 15 is 0 Å². The van der Waals surface area contributed by atoms with Crippen LogP contribution in [0.3, 0.4) is 0 Å². The van der Waals surface area contributed by atoms with Gasteiger partial charge >= 0.3 is 0 Å². The van der Waals surface area contributed by atoms with E-state index in [0.29, 0.717) is 0 Å². The number of hydrogen-bond donors (Lipinski definition) is 1. The quantitative estimate of drug-likeness (QED) is 0.695. The van der Waals surface area contributed by atoms with Crippen LogP contribution in [-0.4, -0.2) is 10.5 Å². The maximum atomic E-state index is 12.4. The molecule has 0 bridgehead atoms. The molecule has 1 amide bonds. The van der Waals surface area contributed by atoms with Crippen LogP contribution in [0.2, 0.25) is 0 Å². The summed E-state index contributed by atoms with van der Waals surface area (Å²) in [5, 5.41) is 2.99. The average Bonchev–Trinajstić information content (AvgIpc) is 3.09. The van der Waals surface area contributed by atoms with E-state index in [1.54, 1.807) is 0 Å². The Bertz CT molecular complexity index is 945. The third-order valence-corrected chi connectivity index (χ3v) is 4.52. The number of nitrogens with one attached hydrogen (secondary N) is 1. The third-order valence-electron chi connectivity index (χ3n) is 4.52. The van der Waals surface area contributed by atoms with Gasteiger partial charge in [0.05, 0.1) is 5.57 Å². The summed E-state index contributed by atoms with van der Waals surface area (Å²) in [6, 6.07) is 18.4. The predicted octanol–water partition coefficient (Wildman–Crippen LogP) is 4.49. The molecule has 0 aliphatic carbocycles. The van der Waals surface area contributed by atoms with Crippen LogP contribution in [0.4, 0.5) is 5.69 Å². The molecule has 0 unspecified atom stereocenters. The Hall–Kier alpha value is -3.07. The fraction of sp³-hybridized carbons (Fsp3) is 0.0952. The number of aryl methyl sites for hydroxylation is 2. The molecular weight excluding hydrogens is 296 g/mol. The zero-order valence-corrected chi connectivity index (χ0v) is 13.7. The Morgan fingerprint density at radius 3 is 2.50 bits per heavy atom. The molecule has 0 radical (unpaired) electrons. The molecule has 2 aromatic carbocycles. The van der Waals surface area contributed by atoms with E-state index in [0.717, 1.165) is 39.2 Å². The number of aromatic nitrogens is 1. The summed E-state index contributed by atoms with van der Waals surface area (Å²) in [5.41, 5.74) is 7.01. The van der Waals surface area contributed by atoms with Gasteiger partial charge in [0, 0.05) is 30.2 Å². The Kier molecular flexibility index (Phi) is 3.35. The van der Waals surface area contributed by atoms with Gasteiger partial charge in [0.15, 0.2) is 0 Å². The maximum Gasteiger partial charge on any atom is 0.256 e. The van der Waals surface area contributed by atoms with Crippen LogP contribution in [0.15, 0.2) is 60.8 Å². The van der Waals surface area contributed by atoms with Gasteiger partial charge in [0.1, 0.15) is 0 Å². The van der Waals surface area contributed by atoms with Crippen molar-refractivity contribution in [3.63, 3.8) is 0 Å². The molecule has 4 rings (SSSR count). The first-order chi connectivity index (χ1) is 11.6. The van der Waals surface area contributed by atoms with Crippen molar-refractivity contribution in [3.05, 3.63) is 77.6 Å². The van der Waals surface area contributed by atoms with E-state index in [-0.39, 0.29) is 5.91 Å². The number of nitrogens with zero attached hydrogens (tertiary/aromatic N) is 1. The minimum atomic E-state index is -0.0455. The van der Waals surface area contributed by atoms with E-state index in [1.165, 1.54) is 0 Å². The molecule has 0 fully saturated rings. The number of fused-ring (bicyclic) bond motifs is 1. The Morgan fingerprint density at radius 2 is 1.79 bits per heavy atom. The molecule has 3 nitrogen and oxygen atoms in total. The largest absolute Gasteiger partial charge is 0.351 e. The number of carbonyl (C=O) groups excluding carboxylic acids is 1. The Balaban J connectivity index is 1.79. The third kappa shape index (κ3) is 2.35. The molecule has 1 N–H and O–H groups in total. The first-order valence-corrected chi connectivity index (χ1v) is 7.98. The first-order valence-electron chi connectivity index (χ1n) is 7.98. The van der Waals surface area contributed by atoms with Crippen LogP contribution >= 0.6 is 0 Å². The highest BCUT2D eigenvalue weighted by Crippen LogP contribution is 2.36. The van der Waals surface area contributed by atoms with Crippen LogP contribution in [0, 0.1) is 6.92 Å². The van der Waals surface area contributed by atoms with Crippen molar-refractivity contribution in [1.29, 1.82) is 0 Å². The average molecular weight is 314 g/mol. The number of benzene rings is 2. The fourth-order valence-electron chi connectivity index (χ4n) is 3.17. The summed E-state index contributed by atoms with van der Waals surface area (Å²) in [7, 11) is 1.99. The lowest BCUT2D eigenvalue weighted by Crippen LogP contribution is -2.04. The molecule has 24 heavy (non-hydrogen) atoms. The second-order valence-corrected chi connectivity index (χ2v) is 6.13. The molecule has 2 heterocycles. The molecule has 1 aromatic heterocycles. The van der Waals surface area contributed by atoms with Crippen molar-refractivity contribution in [2.75, 3.05) is 5.32 Å². The topological polar surface area (TPSA) is 34.0 Å². The number of hydrogen-bond acceptors (Lipinski definition) is 1.